The molecule has 0 spiro atoms. The normalized spacial score (nSPS) is 22.4. The molecule has 23 heavy (non-hydrogen) atoms. The number of aliphatic hydroxyl groups is 1. The number of aromatic nitrogens is 2. The summed E-state index contributed by atoms with van der Waals surface area (Å²) in [5.74, 6) is -0.299. The summed E-state index contributed by atoms with van der Waals surface area (Å²) in [5.41, 5.74) is 2.04. The molecule has 1 fully saturated rings. The fourth-order valence-electron chi connectivity index (χ4n) is 3.18. The third kappa shape index (κ3) is 3.38. The van der Waals surface area contributed by atoms with Gasteiger partial charge >= 0.3 is 0 Å². The molecule has 0 unspecified atom stereocenters. The lowest BCUT2D eigenvalue weighted by atomic mass is 9.94. The van der Waals surface area contributed by atoms with Crippen LogP contribution in [0, 0.1) is 5.92 Å². The van der Waals surface area contributed by atoms with Crippen molar-refractivity contribution in [2.45, 2.75) is 19.1 Å². The standard InChI is InChI=1S/C17H24N4O2/c1-19-8-7-16(22)13(11-19)17(23)20(2)9-10-21-12-18-14-5-3-4-6-15(14)21/h3-6,12-13,16,22H,7-11H2,1-2H3/t13-,16+/m1/s1. The van der Waals surface area contributed by atoms with Crippen molar-refractivity contribution < 1.29 is 9.90 Å². The third-order valence-electron chi connectivity index (χ3n) is 4.68. The lowest BCUT2D eigenvalue weighted by Crippen LogP contribution is -2.49. The lowest BCUT2D eigenvalue weighted by molar-refractivity contribution is -0.140. The minimum absolute atomic E-state index is 0.0217. The number of para-hydroxylation sites is 2. The molecule has 0 aliphatic carbocycles. The zero-order valence-corrected chi connectivity index (χ0v) is 13.7. The summed E-state index contributed by atoms with van der Waals surface area (Å²) in [7, 11) is 3.80. The van der Waals surface area contributed by atoms with E-state index in [1.807, 2.05) is 44.7 Å². The molecule has 0 bridgehead atoms. The van der Waals surface area contributed by atoms with Gasteiger partial charge in [0, 0.05) is 33.2 Å². The molecule has 1 aliphatic heterocycles. The second-order valence-corrected chi connectivity index (χ2v) is 6.41. The SMILES string of the molecule is CN1CC[C@H](O)[C@H](C(=O)N(C)CCn2cnc3ccccc32)C1. The smallest absolute Gasteiger partial charge is 0.229 e. The van der Waals surface area contributed by atoms with Gasteiger partial charge in [0.2, 0.25) is 5.91 Å². The number of nitrogens with zero attached hydrogens (tertiary/aromatic N) is 4. The summed E-state index contributed by atoms with van der Waals surface area (Å²) in [5, 5.41) is 10.1. The number of carbonyl (C=O) groups excluding carboxylic acids is 1. The first-order valence-corrected chi connectivity index (χ1v) is 8.07. The number of piperidine rings is 1. The maximum absolute atomic E-state index is 12.6. The number of imidazole rings is 1. The fourth-order valence-corrected chi connectivity index (χ4v) is 3.18. The van der Waals surface area contributed by atoms with E-state index in [1.54, 1.807) is 4.90 Å². The molecule has 1 N–H and O–H groups in total. The van der Waals surface area contributed by atoms with Crippen LogP contribution in [0.2, 0.25) is 0 Å². The lowest BCUT2D eigenvalue weighted by Gasteiger charge is -2.35. The molecule has 2 atom stereocenters. The number of fused-ring (bicyclic) bond motifs is 1. The summed E-state index contributed by atoms with van der Waals surface area (Å²) >= 11 is 0. The number of hydrogen-bond acceptors (Lipinski definition) is 4. The summed E-state index contributed by atoms with van der Waals surface area (Å²) in [6.07, 6.45) is 1.94. The predicted octanol–water partition coefficient (Wildman–Crippen LogP) is 0.807. The highest BCUT2D eigenvalue weighted by atomic mass is 16.3. The van der Waals surface area contributed by atoms with Crippen molar-refractivity contribution in [3.63, 3.8) is 0 Å². The van der Waals surface area contributed by atoms with Crippen molar-refractivity contribution in [3.05, 3.63) is 30.6 Å². The van der Waals surface area contributed by atoms with Crippen LogP contribution in [0.1, 0.15) is 6.42 Å². The van der Waals surface area contributed by atoms with Gasteiger partial charge in [0.15, 0.2) is 0 Å². The van der Waals surface area contributed by atoms with Gasteiger partial charge in [-0.1, -0.05) is 12.1 Å². The van der Waals surface area contributed by atoms with Gasteiger partial charge < -0.3 is 19.5 Å². The van der Waals surface area contributed by atoms with Crippen molar-refractivity contribution in [1.82, 2.24) is 19.4 Å². The molecule has 2 heterocycles. The van der Waals surface area contributed by atoms with Crippen molar-refractivity contribution in [2.24, 2.45) is 5.92 Å². The monoisotopic (exact) mass is 316 g/mol. The zero-order chi connectivity index (χ0) is 16.4. The minimum atomic E-state index is -0.532. The van der Waals surface area contributed by atoms with Gasteiger partial charge in [-0.05, 0) is 25.6 Å². The van der Waals surface area contributed by atoms with E-state index in [1.165, 1.54) is 0 Å². The minimum Gasteiger partial charge on any atom is -0.392 e. The maximum Gasteiger partial charge on any atom is 0.229 e. The first-order valence-electron chi connectivity index (χ1n) is 8.07. The Morgan fingerprint density at radius 2 is 2.22 bits per heavy atom. The summed E-state index contributed by atoms with van der Waals surface area (Å²) in [6, 6.07) is 7.97. The molecule has 0 saturated carbocycles. The van der Waals surface area contributed by atoms with Crippen molar-refractivity contribution in [2.75, 3.05) is 33.7 Å². The number of aliphatic hydroxyl groups excluding tert-OH is 1. The Kier molecular flexibility index (Phi) is 4.63. The Hall–Kier alpha value is -1.92. The Morgan fingerprint density at radius 1 is 1.43 bits per heavy atom. The number of benzene rings is 1. The van der Waals surface area contributed by atoms with Crippen LogP contribution in [0.25, 0.3) is 11.0 Å². The molecular weight excluding hydrogens is 292 g/mol. The highest BCUT2D eigenvalue weighted by Gasteiger charge is 2.33. The second kappa shape index (κ2) is 6.68. The van der Waals surface area contributed by atoms with Crippen LogP contribution >= 0.6 is 0 Å². The number of hydrogen-bond donors (Lipinski definition) is 1. The summed E-state index contributed by atoms with van der Waals surface area (Å²) in [4.78, 5) is 20.8. The quantitative estimate of drug-likeness (QED) is 0.907. The molecule has 2 aromatic rings. The number of likely N-dealkylation sites (tertiary alicyclic amines) is 1. The van der Waals surface area contributed by atoms with Gasteiger partial charge in [0.1, 0.15) is 0 Å². The first kappa shape index (κ1) is 16.0. The number of likely N-dealkylation sites (N-methyl/N-ethyl adjacent to an activating group) is 1. The van der Waals surface area contributed by atoms with Crippen molar-refractivity contribution >= 4 is 16.9 Å². The Labute approximate surface area is 136 Å². The van der Waals surface area contributed by atoms with Gasteiger partial charge in [-0.25, -0.2) is 4.98 Å². The molecule has 1 saturated heterocycles. The van der Waals surface area contributed by atoms with Crippen molar-refractivity contribution in [1.29, 1.82) is 0 Å². The van der Waals surface area contributed by atoms with Crippen LogP contribution in [0.4, 0.5) is 0 Å². The van der Waals surface area contributed by atoms with E-state index in [0.717, 1.165) is 17.6 Å². The average molecular weight is 316 g/mol. The van der Waals surface area contributed by atoms with E-state index in [-0.39, 0.29) is 11.8 Å². The number of carbonyl (C=O) groups is 1. The average Bonchev–Trinajstić information content (AvgIpc) is 2.97. The molecule has 1 aromatic heterocycles. The largest absolute Gasteiger partial charge is 0.392 e. The van der Waals surface area contributed by atoms with E-state index < -0.39 is 6.10 Å². The van der Waals surface area contributed by atoms with Crippen LogP contribution in [0.3, 0.4) is 0 Å². The van der Waals surface area contributed by atoms with Crippen molar-refractivity contribution in [3.8, 4) is 0 Å². The van der Waals surface area contributed by atoms with Crippen LogP contribution in [-0.4, -0.2) is 70.2 Å². The molecule has 1 amide bonds. The molecule has 6 nitrogen and oxygen atoms in total. The Morgan fingerprint density at radius 3 is 3.04 bits per heavy atom. The van der Waals surface area contributed by atoms with Gasteiger partial charge in [-0.15, -0.1) is 0 Å². The number of rotatable bonds is 4. The molecule has 1 aromatic carbocycles. The van der Waals surface area contributed by atoms with E-state index in [9.17, 15) is 9.90 Å². The predicted molar refractivity (Wildman–Crippen MR) is 89.0 cm³/mol. The molecule has 124 valence electrons. The van der Waals surface area contributed by atoms with Gasteiger partial charge in [0.25, 0.3) is 0 Å². The highest BCUT2D eigenvalue weighted by Crippen LogP contribution is 2.18. The molecule has 0 radical (unpaired) electrons. The Balaban J connectivity index is 1.62. The summed E-state index contributed by atoms with van der Waals surface area (Å²) < 4.78 is 2.06. The van der Waals surface area contributed by atoms with Crippen LogP contribution < -0.4 is 0 Å². The Bertz CT molecular complexity index is 684. The van der Waals surface area contributed by atoms with Gasteiger partial charge in [0.05, 0.1) is 29.4 Å². The van der Waals surface area contributed by atoms with Gasteiger partial charge in [-0.2, -0.15) is 0 Å². The van der Waals surface area contributed by atoms with Crippen LogP contribution in [-0.2, 0) is 11.3 Å². The van der Waals surface area contributed by atoms with E-state index in [0.29, 0.717) is 26.1 Å². The fraction of sp³-hybridized carbons (Fsp3) is 0.529. The highest BCUT2D eigenvalue weighted by molar-refractivity contribution is 5.79. The second-order valence-electron chi connectivity index (χ2n) is 6.41. The van der Waals surface area contributed by atoms with Gasteiger partial charge in [-0.3, -0.25) is 4.79 Å². The van der Waals surface area contributed by atoms with Crippen LogP contribution in [0.15, 0.2) is 30.6 Å². The van der Waals surface area contributed by atoms with E-state index in [2.05, 4.69) is 14.5 Å². The molecular formula is C17H24N4O2. The zero-order valence-electron chi connectivity index (χ0n) is 13.7. The maximum atomic E-state index is 12.6. The molecule has 6 heteroatoms. The van der Waals surface area contributed by atoms with E-state index in [4.69, 9.17) is 0 Å². The molecule has 1 aliphatic rings. The molecule has 3 rings (SSSR count). The summed E-state index contributed by atoms with van der Waals surface area (Å²) in [6.45, 7) is 2.77. The number of amides is 1. The third-order valence-corrected chi connectivity index (χ3v) is 4.68. The first-order chi connectivity index (χ1) is 11.1. The van der Waals surface area contributed by atoms with Crippen LogP contribution in [0.5, 0.6) is 0 Å². The van der Waals surface area contributed by atoms with E-state index >= 15 is 0 Å². The topological polar surface area (TPSA) is 61.6 Å².